The number of hydrogen-bond donors (Lipinski definition) is 0. The van der Waals surface area contributed by atoms with Gasteiger partial charge in [-0.05, 0) is 0 Å². The van der Waals surface area contributed by atoms with Crippen LogP contribution in [0.15, 0.2) is 35.9 Å². The summed E-state index contributed by atoms with van der Waals surface area (Å²) in [4.78, 5) is 0. The first kappa shape index (κ1) is 26.3. The SMILES string of the molecule is CC(C)C1=Cc2c(ccc(C(C)C)c2-c2cc(C(C)(C)C)cc(C(C)(C)C)c2)[CH]1[Zr]([Cl])[Cl]. The molecule has 0 bridgehead atoms. The van der Waals surface area contributed by atoms with Crippen LogP contribution in [-0.4, -0.2) is 0 Å². The first-order chi connectivity index (χ1) is 14.6. The molecule has 2 aromatic rings. The zero-order chi connectivity index (χ0) is 24.2. The Morgan fingerprint density at radius 2 is 1.31 bits per heavy atom. The van der Waals surface area contributed by atoms with Gasteiger partial charge in [0.15, 0.2) is 0 Å². The maximum atomic E-state index is 6.74. The Bertz CT molecular complexity index is 998. The van der Waals surface area contributed by atoms with Gasteiger partial charge in [-0.1, -0.05) is 0 Å². The summed E-state index contributed by atoms with van der Waals surface area (Å²) in [5.41, 5.74) is 11.2. The standard InChI is InChI=1S/C29H39.2ClH.Zr/c1-18(2)21-13-20-11-12-25(19(3)4)27(26(20)16-21)22-14-23(28(5,6)7)17-24(15-22)29(8,9)10;;;/h11-19H,1-10H3;2*1H;/q;;;+2/p-2. The van der Waals surface area contributed by atoms with Crippen LogP contribution in [0.3, 0.4) is 0 Å². The van der Waals surface area contributed by atoms with Crippen molar-refractivity contribution in [1.29, 1.82) is 0 Å². The molecule has 2 aromatic carbocycles. The molecule has 0 aromatic heterocycles. The molecule has 173 valence electrons. The van der Waals surface area contributed by atoms with E-state index in [0.29, 0.717) is 11.8 Å². The zero-order valence-corrected chi connectivity index (χ0v) is 25.4. The quantitative estimate of drug-likeness (QED) is 0.356. The Kier molecular flexibility index (Phi) is 7.68. The summed E-state index contributed by atoms with van der Waals surface area (Å²) in [5.74, 6) is 0.883. The summed E-state index contributed by atoms with van der Waals surface area (Å²) in [6.07, 6.45) is 2.43. The molecule has 3 heteroatoms. The van der Waals surface area contributed by atoms with Gasteiger partial charge in [0.05, 0.1) is 0 Å². The number of fused-ring (bicyclic) bond motifs is 1. The van der Waals surface area contributed by atoms with Crippen molar-refractivity contribution in [2.45, 2.75) is 89.6 Å². The van der Waals surface area contributed by atoms with Gasteiger partial charge in [0, 0.05) is 0 Å². The van der Waals surface area contributed by atoms with Gasteiger partial charge >= 0.3 is 213 Å². The first-order valence-electron chi connectivity index (χ1n) is 11.9. The van der Waals surface area contributed by atoms with Crippen LogP contribution in [-0.2, 0) is 30.2 Å². The van der Waals surface area contributed by atoms with Crippen LogP contribution in [0.25, 0.3) is 17.2 Å². The van der Waals surface area contributed by atoms with E-state index >= 15 is 0 Å². The normalized spacial score (nSPS) is 16.6. The Morgan fingerprint density at radius 1 is 0.781 bits per heavy atom. The Labute approximate surface area is 211 Å². The third-order valence-corrected chi connectivity index (χ3v) is 12.0. The number of allylic oxidation sites excluding steroid dienone is 1. The Hall–Kier alpha value is -0.357. The summed E-state index contributed by atoms with van der Waals surface area (Å²) in [5, 5.41) is 0. The molecule has 0 amide bonds. The van der Waals surface area contributed by atoms with Gasteiger partial charge in [-0.2, -0.15) is 0 Å². The van der Waals surface area contributed by atoms with E-state index in [1.807, 2.05) is 0 Å². The molecule has 1 aliphatic rings. The van der Waals surface area contributed by atoms with Gasteiger partial charge in [-0.25, -0.2) is 0 Å². The molecule has 0 nitrogen and oxygen atoms in total. The average Bonchev–Trinajstić information content (AvgIpc) is 3.05. The second kappa shape index (κ2) is 9.36. The number of rotatable bonds is 4. The van der Waals surface area contributed by atoms with E-state index in [4.69, 9.17) is 17.0 Å². The van der Waals surface area contributed by atoms with E-state index in [-0.39, 0.29) is 14.5 Å². The zero-order valence-electron chi connectivity index (χ0n) is 21.5. The average molecular weight is 550 g/mol. The third-order valence-electron chi connectivity index (χ3n) is 6.73. The molecule has 1 aliphatic carbocycles. The van der Waals surface area contributed by atoms with Crippen molar-refractivity contribution in [2.75, 3.05) is 0 Å². The van der Waals surface area contributed by atoms with Crippen LogP contribution in [0.1, 0.15) is 107 Å². The fraction of sp³-hybridized carbons (Fsp3) is 0.517. The van der Waals surface area contributed by atoms with Crippen molar-refractivity contribution >= 4 is 23.1 Å². The molecular formula is C29H39Cl2Zr. The van der Waals surface area contributed by atoms with Crippen molar-refractivity contribution < 1.29 is 19.4 Å². The minimum absolute atomic E-state index is 0.0839. The predicted molar refractivity (Wildman–Crippen MR) is 141 cm³/mol. The van der Waals surface area contributed by atoms with Crippen LogP contribution in [0, 0.1) is 5.92 Å². The number of hydrogen-bond acceptors (Lipinski definition) is 0. The van der Waals surface area contributed by atoms with E-state index in [9.17, 15) is 0 Å². The first-order valence-corrected chi connectivity index (χ1v) is 19.6. The van der Waals surface area contributed by atoms with Crippen LogP contribution in [0.4, 0.5) is 0 Å². The molecule has 0 heterocycles. The molecule has 1 atom stereocenters. The fourth-order valence-corrected chi connectivity index (χ4v) is 10.4. The van der Waals surface area contributed by atoms with Crippen molar-refractivity contribution in [1.82, 2.24) is 0 Å². The van der Waals surface area contributed by atoms with E-state index in [0.717, 1.165) is 0 Å². The Morgan fingerprint density at radius 3 is 1.72 bits per heavy atom. The topological polar surface area (TPSA) is 0 Å². The van der Waals surface area contributed by atoms with Gasteiger partial charge in [0.25, 0.3) is 0 Å². The van der Waals surface area contributed by atoms with Crippen LogP contribution in [0.5, 0.6) is 0 Å². The van der Waals surface area contributed by atoms with Crippen molar-refractivity contribution in [3.05, 3.63) is 63.7 Å². The minimum atomic E-state index is -2.54. The van der Waals surface area contributed by atoms with E-state index in [1.165, 1.54) is 44.5 Å². The van der Waals surface area contributed by atoms with E-state index in [2.05, 4.69) is 106 Å². The van der Waals surface area contributed by atoms with Crippen molar-refractivity contribution in [3.8, 4) is 11.1 Å². The summed E-state index contributed by atoms with van der Waals surface area (Å²) in [6.45, 7) is 23.0. The number of benzene rings is 2. The summed E-state index contributed by atoms with van der Waals surface area (Å²) in [7, 11) is 13.5. The molecule has 3 rings (SSSR count). The Balaban J connectivity index is 2.41. The molecule has 0 spiro atoms. The van der Waals surface area contributed by atoms with Crippen LogP contribution in [0.2, 0.25) is 0 Å². The number of halogens is 2. The third kappa shape index (κ3) is 5.16. The van der Waals surface area contributed by atoms with Gasteiger partial charge in [0.2, 0.25) is 0 Å². The van der Waals surface area contributed by atoms with Crippen molar-refractivity contribution in [3.63, 3.8) is 0 Å². The summed E-state index contributed by atoms with van der Waals surface area (Å²) < 4.78 is 0.253. The molecule has 0 saturated heterocycles. The second-order valence-corrected chi connectivity index (χ2v) is 20.8. The molecule has 0 fully saturated rings. The van der Waals surface area contributed by atoms with Gasteiger partial charge in [0.1, 0.15) is 0 Å². The molecular weight excluding hydrogens is 510 g/mol. The predicted octanol–water partition coefficient (Wildman–Crippen LogP) is 10.1. The molecule has 1 unspecified atom stereocenters. The van der Waals surface area contributed by atoms with Crippen molar-refractivity contribution in [2.24, 2.45) is 5.92 Å². The molecule has 0 saturated carbocycles. The second-order valence-electron chi connectivity index (χ2n) is 12.0. The van der Waals surface area contributed by atoms with E-state index < -0.39 is 19.4 Å². The maximum absolute atomic E-state index is 6.74. The van der Waals surface area contributed by atoms with E-state index in [1.54, 1.807) is 0 Å². The van der Waals surface area contributed by atoms with Gasteiger partial charge in [-0.15, -0.1) is 0 Å². The molecule has 0 radical (unpaired) electrons. The fourth-order valence-electron chi connectivity index (χ4n) is 4.67. The van der Waals surface area contributed by atoms with Crippen LogP contribution >= 0.6 is 17.0 Å². The molecule has 32 heavy (non-hydrogen) atoms. The summed E-state index contributed by atoms with van der Waals surface area (Å²) >= 11 is -2.54. The van der Waals surface area contributed by atoms with Gasteiger partial charge in [-0.3, -0.25) is 0 Å². The monoisotopic (exact) mass is 547 g/mol. The molecule has 0 aliphatic heterocycles. The van der Waals surface area contributed by atoms with Crippen LogP contribution < -0.4 is 0 Å². The van der Waals surface area contributed by atoms with Gasteiger partial charge < -0.3 is 0 Å². The summed E-state index contributed by atoms with van der Waals surface area (Å²) in [6, 6.07) is 11.9. The molecule has 0 N–H and O–H groups in total.